The molecule has 0 amide bonds. The summed E-state index contributed by atoms with van der Waals surface area (Å²) in [6.45, 7) is 3.06. The lowest BCUT2D eigenvalue weighted by Crippen LogP contribution is -1.69. The first-order valence-electron chi connectivity index (χ1n) is 2.55. The molecule has 1 aromatic heterocycles. The molecule has 0 atom stereocenters. The lowest BCUT2D eigenvalue weighted by atomic mass is 10.6. The summed E-state index contributed by atoms with van der Waals surface area (Å²) in [5, 5.41) is 1.93. The van der Waals surface area contributed by atoms with Crippen LogP contribution < -0.4 is 0 Å². The number of rotatable bonds is 0. The van der Waals surface area contributed by atoms with Gasteiger partial charge in [-0.25, -0.2) is 4.37 Å². The summed E-state index contributed by atoms with van der Waals surface area (Å²) in [5.74, 6) is 0.167. The Morgan fingerprint density at radius 1 is 1.56 bits per heavy atom. The molecule has 0 spiro atoms. The van der Waals surface area contributed by atoms with Crippen molar-refractivity contribution < 1.29 is 4.79 Å². The minimum Gasteiger partial charge on any atom is -0.300 e. The first-order valence-corrected chi connectivity index (χ1v) is 3.38. The van der Waals surface area contributed by atoms with Crippen molar-refractivity contribution in [3.63, 3.8) is 0 Å². The van der Waals surface area contributed by atoms with Gasteiger partial charge >= 0.3 is 0 Å². The van der Waals surface area contributed by atoms with Crippen molar-refractivity contribution in [2.75, 3.05) is 0 Å². The standard InChI is InChI=1S/C3H3NS.C3H6O/c1-2-4-5-3-1;1-3(2)4/h1-3H;1-2H3. The number of carbonyl (C=O) groups is 1. The molecule has 0 aliphatic heterocycles. The predicted octanol–water partition coefficient (Wildman–Crippen LogP) is 1.74. The van der Waals surface area contributed by atoms with Crippen LogP contribution in [0, 0.1) is 0 Å². The number of carbonyl (C=O) groups excluding carboxylic acids is 1. The van der Waals surface area contributed by atoms with Crippen molar-refractivity contribution in [3.05, 3.63) is 17.6 Å². The average Bonchev–Trinajstić information content (AvgIpc) is 2.11. The molecular formula is C6H9NOS. The molecule has 0 bridgehead atoms. The third kappa shape index (κ3) is 11.1. The fourth-order valence-corrected chi connectivity index (χ4v) is 0.527. The number of ketones is 1. The van der Waals surface area contributed by atoms with Crippen molar-refractivity contribution in [2.45, 2.75) is 13.8 Å². The van der Waals surface area contributed by atoms with E-state index >= 15 is 0 Å². The zero-order valence-electron chi connectivity index (χ0n) is 5.50. The van der Waals surface area contributed by atoms with Crippen molar-refractivity contribution >= 4 is 17.3 Å². The molecule has 0 aliphatic carbocycles. The Balaban J connectivity index is 0.000000148. The largest absolute Gasteiger partial charge is 0.300 e. The van der Waals surface area contributed by atoms with Gasteiger partial charge in [-0.2, -0.15) is 0 Å². The summed E-state index contributed by atoms with van der Waals surface area (Å²) in [5.41, 5.74) is 0. The Morgan fingerprint density at radius 3 is 2.22 bits per heavy atom. The van der Waals surface area contributed by atoms with E-state index in [0.29, 0.717) is 0 Å². The molecule has 1 heterocycles. The highest BCUT2D eigenvalue weighted by atomic mass is 32.1. The van der Waals surface area contributed by atoms with E-state index in [1.807, 2.05) is 11.4 Å². The van der Waals surface area contributed by atoms with Crippen LogP contribution in [0.2, 0.25) is 0 Å². The number of hydrogen-bond donors (Lipinski definition) is 0. The first kappa shape index (κ1) is 8.30. The summed E-state index contributed by atoms with van der Waals surface area (Å²) < 4.78 is 3.76. The second-order valence-corrected chi connectivity index (χ2v) is 2.29. The highest BCUT2D eigenvalue weighted by molar-refractivity contribution is 7.03. The second-order valence-electron chi connectivity index (χ2n) is 1.60. The van der Waals surface area contributed by atoms with Crippen molar-refractivity contribution in [1.29, 1.82) is 0 Å². The Bertz CT molecular complexity index is 127. The number of nitrogens with zero attached hydrogens (tertiary/aromatic N) is 1. The van der Waals surface area contributed by atoms with Gasteiger partial charge in [0.15, 0.2) is 0 Å². The molecule has 0 saturated heterocycles. The zero-order chi connectivity index (χ0) is 7.11. The summed E-state index contributed by atoms with van der Waals surface area (Å²) in [4.78, 5) is 9.44. The highest BCUT2D eigenvalue weighted by Crippen LogP contribution is 1.83. The molecule has 0 aliphatic rings. The SMILES string of the molecule is CC(C)=O.c1cnsc1. The van der Waals surface area contributed by atoms with E-state index in [4.69, 9.17) is 0 Å². The van der Waals surface area contributed by atoms with Crippen molar-refractivity contribution in [1.82, 2.24) is 4.37 Å². The Labute approximate surface area is 58.7 Å². The number of hydrogen-bond acceptors (Lipinski definition) is 3. The van der Waals surface area contributed by atoms with Gasteiger partial charge in [0.05, 0.1) is 0 Å². The lowest BCUT2D eigenvalue weighted by Gasteiger charge is -1.56. The molecule has 1 rings (SSSR count). The van der Waals surface area contributed by atoms with Gasteiger partial charge in [-0.1, -0.05) is 0 Å². The third-order valence-electron chi connectivity index (χ3n) is 0.347. The van der Waals surface area contributed by atoms with E-state index in [1.54, 1.807) is 6.20 Å². The van der Waals surface area contributed by atoms with E-state index in [0.717, 1.165) is 0 Å². The third-order valence-corrected chi connectivity index (χ3v) is 0.869. The van der Waals surface area contributed by atoms with Crippen LogP contribution in [0.1, 0.15) is 13.8 Å². The van der Waals surface area contributed by atoms with Crippen LogP contribution in [-0.4, -0.2) is 10.2 Å². The molecule has 1 aromatic rings. The maximum atomic E-state index is 9.44. The fourth-order valence-electron chi connectivity index (χ4n) is 0.176. The minimum absolute atomic E-state index is 0.167. The highest BCUT2D eigenvalue weighted by Gasteiger charge is 1.62. The van der Waals surface area contributed by atoms with E-state index in [-0.39, 0.29) is 5.78 Å². The molecule has 3 heteroatoms. The van der Waals surface area contributed by atoms with Crippen molar-refractivity contribution in [2.24, 2.45) is 0 Å². The van der Waals surface area contributed by atoms with E-state index in [1.165, 1.54) is 25.4 Å². The zero-order valence-corrected chi connectivity index (χ0v) is 6.31. The van der Waals surface area contributed by atoms with Crippen LogP contribution in [0.4, 0.5) is 0 Å². The molecule has 0 aromatic carbocycles. The van der Waals surface area contributed by atoms with Gasteiger partial charge < -0.3 is 4.79 Å². The van der Waals surface area contributed by atoms with Crippen LogP contribution in [0.25, 0.3) is 0 Å². The summed E-state index contributed by atoms with van der Waals surface area (Å²) in [6, 6.07) is 1.91. The fraction of sp³-hybridized carbons (Fsp3) is 0.333. The van der Waals surface area contributed by atoms with Gasteiger partial charge in [0.2, 0.25) is 0 Å². The molecule has 0 saturated carbocycles. The molecule has 2 nitrogen and oxygen atoms in total. The van der Waals surface area contributed by atoms with Crippen LogP contribution in [0.15, 0.2) is 17.6 Å². The van der Waals surface area contributed by atoms with E-state index < -0.39 is 0 Å². The molecule has 0 N–H and O–H groups in total. The van der Waals surface area contributed by atoms with Gasteiger partial charge in [0.1, 0.15) is 5.78 Å². The van der Waals surface area contributed by atoms with Gasteiger partial charge in [0.25, 0.3) is 0 Å². The quantitative estimate of drug-likeness (QED) is 0.553. The Hall–Kier alpha value is -0.700. The maximum Gasteiger partial charge on any atom is 0.126 e. The summed E-state index contributed by atoms with van der Waals surface area (Å²) >= 11 is 1.46. The maximum absolute atomic E-state index is 9.44. The molecule has 0 unspecified atom stereocenters. The first-order chi connectivity index (χ1) is 4.23. The molecule has 9 heavy (non-hydrogen) atoms. The van der Waals surface area contributed by atoms with Crippen LogP contribution in [-0.2, 0) is 4.79 Å². The topological polar surface area (TPSA) is 30.0 Å². The van der Waals surface area contributed by atoms with Crippen LogP contribution in [0.5, 0.6) is 0 Å². The molecule has 0 fully saturated rings. The monoisotopic (exact) mass is 143 g/mol. The molecule has 0 radical (unpaired) electrons. The van der Waals surface area contributed by atoms with Crippen LogP contribution in [0.3, 0.4) is 0 Å². The molecular weight excluding hydrogens is 134 g/mol. The van der Waals surface area contributed by atoms with Gasteiger partial charge in [0, 0.05) is 11.6 Å². The summed E-state index contributed by atoms with van der Waals surface area (Å²) in [6.07, 6.45) is 1.77. The Kier molecular flexibility index (Phi) is 5.01. The second kappa shape index (κ2) is 5.44. The molecule has 50 valence electrons. The van der Waals surface area contributed by atoms with Gasteiger partial charge in [-0.15, -0.1) is 0 Å². The van der Waals surface area contributed by atoms with Gasteiger partial charge in [-0.05, 0) is 31.4 Å². The van der Waals surface area contributed by atoms with E-state index in [2.05, 4.69) is 4.37 Å². The smallest absolute Gasteiger partial charge is 0.126 e. The number of aromatic nitrogens is 1. The average molecular weight is 143 g/mol. The predicted molar refractivity (Wildman–Crippen MR) is 38.5 cm³/mol. The number of Topliss-reactive ketones (excluding diaryl/α,β-unsaturated/α-hetero) is 1. The Morgan fingerprint density at radius 2 is 2.11 bits per heavy atom. The minimum atomic E-state index is 0.167. The normalized spacial score (nSPS) is 7.33. The van der Waals surface area contributed by atoms with E-state index in [9.17, 15) is 4.79 Å². The van der Waals surface area contributed by atoms with Gasteiger partial charge in [-0.3, -0.25) is 0 Å². The lowest BCUT2D eigenvalue weighted by molar-refractivity contribution is -0.114. The van der Waals surface area contributed by atoms with Crippen LogP contribution >= 0.6 is 11.5 Å². The summed E-state index contributed by atoms with van der Waals surface area (Å²) in [7, 11) is 0. The van der Waals surface area contributed by atoms with Crippen molar-refractivity contribution in [3.8, 4) is 0 Å².